The first-order valence-electron chi connectivity index (χ1n) is 6.13. The highest BCUT2D eigenvalue weighted by Gasteiger charge is 2.13. The molecule has 20 heavy (non-hydrogen) atoms. The number of H-pyrrole nitrogens is 1. The molecule has 0 aliphatic rings. The number of aryl methyl sites for hydroxylation is 2. The van der Waals surface area contributed by atoms with Gasteiger partial charge in [0.25, 0.3) is 5.56 Å². The molecule has 1 atom stereocenters. The maximum Gasteiger partial charge on any atom is 0.328 e. The van der Waals surface area contributed by atoms with E-state index in [2.05, 4.69) is 4.98 Å². The van der Waals surface area contributed by atoms with Crippen molar-refractivity contribution >= 4 is 11.6 Å². The molecule has 1 aromatic heterocycles. The number of halogens is 1. The van der Waals surface area contributed by atoms with Crippen molar-refractivity contribution in [2.45, 2.75) is 26.5 Å². The molecule has 0 fully saturated rings. The third-order valence-electron chi connectivity index (χ3n) is 3.13. The van der Waals surface area contributed by atoms with Crippen molar-refractivity contribution in [3.63, 3.8) is 0 Å². The molecule has 1 heterocycles. The number of benzene rings is 1. The van der Waals surface area contributed by atoms with Crippen LogP contribution in [0.15, 0.2) is 34.0 Å². The van der Waals surface area contributed by atoms with Crippen LogP contribution in [-0.2, 0) is 6.54 Å². The molecule has 0 saturated carbocycles. The predicted octanol–water partition coefficient (Wildman–Crippen LogP) is 1.54. The number of rotatable bonds is 3. The fraction of sp³-hybridized carbons (Fsp3) is 0.286. The van der Waals surface area contributed by atoms with Gasteiger partial charge in [-0.05, 0) is 25.0 Å². The molecule has 6 heteroatoms. The fourth-order valence-corrected chi connectivity index (χ4v) is 2.19. The van der Waals surface area contributed by atoms with E-state index >= 15 is 0 Å². The van der Waals surface area contributed by atoms with E-state index in [4.69, 9.17) is 11.6 Å². The second kappa shape index (κ2) is 5.64. The number of aromatic amines is 1. The average molecular weight is 295 g/mol. The molecule has 0 saturated heterocycles. The molecule has 0 amide bonds. The van der Waals surface area contributed by atoms with Crippen LogP contribution in [-0.4, -0.2) is 14.7 Å². The Morgan fingerprint density at radius 1 is 1.35 bits per heavy atom. The molecule has 0 radical (unpaired) electrons. The van der Waals surface area contributed by atoms with E-state index in [1.54, 1.807) is 0 Å². The van der Waals surface area contributed by atoms with Gasteiger partial charge in [0, 0.05) is 6.20 Å². The lowest BCUT2D eigenvalue weighted by molar-refractivity contribution is 0.153. The van der Waals surface area contributed by atoms with Crippen LogP contribution >= 0.6 is 11.6 Å². The minimum atomic E-state index is -0.852. The van der Waals surface area contributed by atoms with Crippen LogP contribution in [0.5, 0.6) is 0 Å². The second-order valence-corrected chi connectivity index (χ2v) is 5.17. The van der Waals surface area contributed by atoms with Crippen molar-refractivity contribution in [3.8, 4) is 0 Å². The normalized spacial score (nSPS) is 12.4. The minimum absolute atomic E-state index is 0.0274. The monoisotopic (exact) mass is 294 g/mol. The Hall–Kier alpha value is -1.85. The highest BCUT2D eigenvalue weighted by atomic mass is 35.5. The van der Waals surface area contributed by atoms with Crippen molar-refractivity contribution < 1.29 is 5.11 Å². The molecular formula is C14H15ClN2O3. The van der Waals surface area contributed by atoms with Gasteiger partial charge in [-0.25, -0.2) is 4.79 Å². The van der Waals surface area contributed by atoms with Crippen molar-refractivity contribution in [2.75, 3.05) is 0 Å². The molecule has 1 unspecified atom stereocenters. The Morgan fingerprint density at radius 2 is 2.05 bits per heavy atom. The van der Waals surface area contributed by atoms with Gasteiger partial charge in [0.1, 0.15) is 5.02 Å². The Morgan fingerprint density at radius 3 is 2.75 bits per heavy atom. The van der Waals surface area contributed by atoms with Gasteiger partial charge in [-0.2, -0.15) is 0 Å². The van der Waals surface area contributed by atoms with Crippen LogP contribution < -0.4 is 11.2 Å². The molecule has 2 aromatic rings. The summed E-state index contributed by atoms with van der Waals surface area (Å²) in [5.74, 6) is 0. The first-order chi connectivity index (χ1) is 9.38. The van der Waals surface area contributed by atoms with Gasteiger partial charge in [0.2, 0.25) is 0 Å². The largest absolute Gasteiger partial charge is 0.387 e. The number of aromatic nitrogens is 2. The zero-order valence-corrected chi connectivity index (χ0v) is 11.9. The standard InChI is InChI=1S/C14H15ClN2O3/c1-8-3-4-9(2)10(5-8)12(18)7-17-6-11(15)13(19)16-14(17)20/h3-6,12,18H,7H2,1-2H3,(H,16,19,20). The van der Waals surface area contributed by atoms with Gasteiger partial charge < -0.3 is 5.11 Å². The Balaban J connectivity index is 2.35. The molecule has 0 spiro atoms. The first-order valence-corrected chi connectivity index (χ1v) is 6.51. The summed E-state index contributed by atoms with van der Waals surface area (Å²) < 4.78 is 1.19. The van der Waals surface area contributed by atoms with Crippen molar-refractivity contribution in [3.05, 3.63) is 66.9 Å². The highest BCUT2D eigenvalue weighted by Crippen LogP contribution is 2.20. The molecule has 2 N–H and O–H groups in total. The summed E-state index contributed by atoms with van der Waals surface area (Å²) in [6.45, 7) is 3.85. The Labute approximate surface area is 120 Å². The molecule has 0 aliphatic heterocycles. The number of aliphatic hydroxyl groups is 1. The van der Waals surface area contributed by atoms with Gasteiger partial charge in [0.05, 0.1) is 12.6 Å². The molecule has 5 nitrogen and oxygen atoms in total. The van der Waals surface area contributed by atoms with Crippen LogP contribution in [0.3, 0.4) is 0 Å². The van der Waals surface area contributed by atoms with E-state index in [0.717, 1.165) is 16.7 Å². The molecule has 0 bridgehead atoms. The van der Waals surface area contributed by atoms with E-state index in [1.807, 2.05) is 32.0 Å². The maximum atomic E-state index is 11.6. The number of nitrogens with zero attached hydrogens (tertiary/aromatic N) is 1. The molecular weight excluding hydrogens is 280 g/mol. The lowest BCUT2D eigenvalue weighted by atomic mass is 10.0. The number of hydrogen-bond acceptors (Lipinski definition) is 3. The molecule has 1 aromatic carbocycles. The summed E-state index contributed by atoms with van der Waals surface area (Å²) in [6.07, 6.45) is 0.381. The smallest absolute Gasteiger partial charge is 0.328 e. The molecule has 2 rings (SSSR count). The third kappa shape index (κ3) is 3.00. The van der Waals surface area contributed by atoms with E-state index in [-0.39, 0.29) is 11.6 Å². The van der Waals surface area contributed by atoms with Gasteiger partial charge >= 0.3 is 5.69 Å². The van der Waals surface area contributed by atoms with Crippen molar-refractivity contribution in [1.29, 1.82) is 0 Å². The zero-order chi connectivity index (χ0) is 14.9. The first kappa shape index (κ1) is 14.6. The van der Waals surface area contributed by atoms with Crippen molar-refractivity contribution in [1.82, 2.24) is 9.55 Å². The topological polar surface area (TPSA) is 75.1 Å². The lowest BCUT2D eigenvalue weighted by Crippen LogP contribution is -2.31. The summed E-state index contributed by atoms with van der Waals surface area (Å²) in [5, 5.41) is 10.2. The van der Waals surface area contributed by atoms with Crippen LogP contribution in [0.25, 0.3) is 0 Å². The summed E-state index contributed by atoms with van der Waals surface area (Å²) in [4.78, 5) is 24.9. The SMILES string of the molecule is Cc1ccc(C)c(C(O)Cn2cc(Cl)c(=O)[nH]c2=O)c1. The van der Waals surface area contributed by atoms with Gasteiger partial charge in [0.15, 0.2) is 0 Å². The Bertz CT molecular complexity index is 749. The number of hydrogen-bond donors (Lipinski definition) is 2. The fourth-order valence-electron chi connectivity index (χ4n) is 2.02. The van der Waals surface area contributed by atoms with Crippen LogP contribution in [0.1, 0.15) is 22.8 Å². The van der Waals surface area contributed by atoms with E-state index in [0.29, 0.717) is 0 Å². The summed E-state index contributed by atoms with van der Waals surface area (Å²) in [6, 6.07) is 5.74. The molecule has 106 valence electrons. The summed E-state index contributed by atoms with van der Waals surface area (Å²) >= 11 is 5.69. The van der Waals surface area contributed by atoms with Gasteiger partial charge in [-0.1, -0.05) is 35.4 Å². The van der Waals surface area contributed by atoms with Crippen LogP contribution in [0.4, 0.5) is 0 Å². The third-order valence-corrected chi connectivity index (χ3v) is 3.40. The molecule has 0 aliphatic carbocycles. The lowest BCUT2D eigenvalue weighted by Gasteiger charge is -2.15. The van der Waals surface area contributed by atoms with Crippen LogP contribution in [0, 0.1) is 13.8 Å². The van der Waals surface area contributed by atoms with E-state index < -0.39 is 17.4 Å². The van der Waals surface area contributed by atoms with E-state index in [9.17, 15) is 14.7 Å². The van der Waals surface area contributed by atoms with E-state index in [1.165, 1.54) is 10.8 Å². The average Bonchev–Trinajstić information content (AvgIpc) is 2.38. The number of aliphatic hydroxyl groups excluding tert-OH is 1. The predicted molar refractivity (Wildman–Crippen MR) is 77.2 cm³/mol. The summed E-state index contributed by atoms with van der Waals surface area (Å²) in [5.41, 5.74) is 1.49. The van der Waals surface area contributed by atoms with Crippen molar-refractivity contribution in [2.24, 2.45) is 0 Å². The minimum Gasteiger partial charge on any atom is -0.387 e. The Kier molecular flexibility index (Phi) is 4.11. The highest BCUT2D eigenvalue weighted by molar-refractivity contribution is 6.30. The van der Waals surface area contributed by atoms with Crippen LogP contribution in [0.2, 0.25) is 5.02 Å². The summed E-state index contributed by atoms with van der Waals surface area (Å²) in [7, 11) is 0. The zero-order valence-electron chi connectivity index (χ0n) is 11.2. The number of nitrogens with one attached hydrogen (secondary N) is 1. The van der Waals surface area contributed by atoms with Gasteiger partial charge in [-0.15, -0.1) is 0 Å². The van der Waals surface area contributed by atoms with Gasteiger partial charge in [-0.3, -0.25) is 14.3 Å². The second-order valence-electron chi connectivity index (χ2n) is 4.76. The quantitative estimate of drug-likeness (QED) is 0.901. The maximum absolute atomic E-state index is 11.6.